The molecule has 1 heterocycles. The van der Waals surface area contributed by atoms with E-state index in [9.17, 15) is 9.59 Å². The highest BCUT2D eigenvalue weighted by Gasteiger charge is 2.21. The fourth-order valence-electron chi connectivity index (χ4n) is 3.70. The SMILES string of the molecule is CCCC[C@H](c1cccc(OC)c1)c1cc(C)nn(CC(=O)Nc2ccc(Br)cc2)c1=O. The molecule has 0 radical (unpaired) electrons. The van der Waals surface area contributed by atoms with Crippen LogP contribution in [0, 0.1) is 6.92 Å². The number of hydrogen-bond acceptors (Lipinski definition) is 4. The van der Waals surface area contributed by atoms with Gasteiger partial charge in [-0.25, -0.2) is 4.68 Å². The minimum atomic E-state index is -0.301. The third-order valence-corrected chi connectivity index (χ3v) is 5.79. The van der Waals surface area contributed by atoms with Crippen LogP contribution in [0.1, 0.15) is 48.9 Å². The van der Waals surface area contributed by atoms with Gasteiger partial charge in [-0.05, 0) is 61.4 Å². The molecule has 1 aromatic heterocycles. The molecule has 0 fully saturated rings. The lowest BCUT2D eigenvalue weighted by Gasteiger charge is -2.19. The molecule has 0 unspecified atom stereocenters. The van der Waals surface area contributed by atoms with Crippen LogP contribution in [-0.4, -0.2) is 22.8 Å². The van der Waals surface area contributed by atoms with Gasteiger partial charge in [0.1, 0.15) is 12.3 Å². The summed E-state index contributed by atoms with van der Waals surface area (Å²) in [4.78, 5) is 26.0. The van der Waals surface area contributed by atoms with Crippen molar-refractivity contribution in [3.63, 3.8) is 0 Å². The molecule has 7 heteroatoms. The van der Waals surface area contributed by atoms with Gasteiger partial charge in [-0.1, -0.05) is 47.8 Å². The van der Waals surface area contributed by atoms with Crippen molar-refractivity contribution in [2.24, 2.45) is 0 Å². The molecule has 0 aliphatic rings. The topological polar surface area (TPSA) is 73.2 Å². The smallest absolute Gasteiger partial charge is 0.271 e. The second-order valence-corrected chi connectivity index (χ2v) is 8.65. The van der Waals surface area contributed by atoms with Gasteiger partial charge in [-0.2, -0.15) is 5.10 Å². The van der Waals surface area contributed by atoms with Crippen LogP contribution >= 0.6 is 15.9 Å². The maximum Gasteiger partial charge on any atom is 0.271 e. The number of carbonyl (C=O) groups excluding carboxylic acids is 1. The summed E-state index contributed by atoms with van der Waals surface area (Å²) in [5.41, 5.74) is 2.78. The Hall–Kier alpha value is -2.93. The summed E-state index contributed by atoms with van der Waals surface area (Å²) < 4.78 is 7.57. The minimum absolute atomic E-state index is 0.0972. The van der Waals surface area contributed by atoms with Crippen LogP contribution in [0.3, 0.4) is 0 Å². The lowest BCUT2D eigenvalue weighted by atomic mass is 9.87. The molecular weight excluding hydrogens is 470 g/mol. The molecule has 0 aliphatic carbocycles. The number of aromatic nitrogens is 2. The van der Waals surface area contributed by atoms with Crippen LogP contribution in [-0.2, 0) is 11.3 Å². The van der Waals surface area contributed by atoms with Gasteiger partial charge in [-0.3, -0.25) is 9.59 Å². The Morgan fingerprint density at radius 2 is 1.94 bits per heavy atom. The largest absolute Gasteiger partial charge is 0.497 e. The first-order valence-corrected chi connectivity index (χ1v) is 11.5. The molecule has 0 spiro atoms. The van der Waals surface area contributed by atoms with Gasteiger partial charge in [-0.15, -0.1) is 0 Å². The molecule has 1 N–H and O–H groups in total. The van der Waals surface area contributed by atoms with E-state index >= 15 is 0 Å². The first kappa shape index (κ1) is 23.7. The number of amides is 1. The third-order valence-electron chi connectivity index (χ3n) is 5.26. The van der Waals surface area contributed by atoms with E-state index in [0.717, 1.165) is 35.0 Å². The van der Waals surface area contributed by atoms with E-state index in [2.05, 4.69) is 33.3 Å². The molecule has 0 saturated carbocycles. The Morgan fingerprint density at radius 3 is 2.62 bits per heavy atom. The molecule has 32 heavy (non-hydrogen) atoms. The van der Waals surface area contributed by atoms with Crippen LogP contribution < -0.4 is 15.6 Å². The fourth-order valence-corrected chi connectivity index (χ4v) is 3.96. The average Bonchev–Trinajstić information content (AvgIpc) is 2.78. The Kier molecular flexibility index (Phi) is 8.22. The number of nitrogens with zero attached hydrogens (tertiary/aromatic N) is 2. The molecule has 3 aromatic rings. The number of nitrogens with one attached hydrogen (secondary N) is 1. The highest BCUT2D eigenvalue weighted by molar-refractivity contribution is 9.10. The number of aryl methyl sites for hydroxylation is 1. The zero-order valence-electron chi connectivity index (χ0n) is 18.6. The molecule has 1 atom stereocenters. The zero-order valence-corrected chi connectivity index (χ0v) is 20.2. The lowest BCUT2D eigenvalue weighted by Crippen LogP contribution is -2.33. The predicted octanol–water partition coefficient (Wildman–Crippen LogP) is 5.28. The maximum absolute atomic E-state index is 13.4. The third kappa shape index (κ3) is 6.07. The number of ether oxygens (including phenoxy) is 1. The van der Waals surface area contributed by atoms with Gasteiger partial charge in [0, 0.05) is 21.6 Å². The van der Waals surface area contributed by atoms with Crippen molar-refractivity contribution in [2.45, 2.75) is 45.6 Å². The summed E-state index contributed by atoms with van der Waals surface area (Å²) in [6.45, 7) is 3.82. The highest BCUT2D eigenvalue weighted by atomic mass is 79.9. The maximum atomic E-state index is 13.4. The molecule has 2 aromatic carbocycles. The van der Waals surface area contributed by atoms with Crippen molar-refractivity contribution in [3.8, 4) is 5.75 Å². The number of benzene rings is 2. The molecule has 0 aliphatic heterocycles. The first-order chi connectivity index (χ1) is 15.4. The summed E-state index contributed by atoms with van der Waals surface area (Å²) in [5, 5.41) is 7.15. The van der Waals surface area contributed by atoms with E-state index in [0.29, 0.717) is 16.9 Å². The molecule has 168 valence electrons. The molecule has 0 saturated heterocycles. The quantitative estimate of drug-likeness (QED) is 0.436. The van der Waals surface area contributed by atoms with Gasteiger partial charge >= 0.3 is 0 Å². The van der Waals surface area contributed by atoms with Crippen LogP contribution in [0.5, 0.6) is 5.75 Å². The Bertz CT molecular complexity index is 1130. The number of anilines is 1. The number of unbranched alkanes of at least 4 members (excludes halogenated alkanes) is 1. The van der Waals surface area contributed by atoms with Crippen LogP contribution in [0.2, 0.25) is 0 Å². The number of hydrogen-bond donors (Lipinski definition) is 1. The Balaban J connectivity index is 1.92. The van der Waals surface area contributed by atoms with Gasteiger partial charge in [0.05, 0.1) is 12.8 Å². The zero-order chi connectivity index (χ0) is 23.1. The van der Waals surface area contributed by atoms with Gasteiger partial charge in [0.15, 0.2) is 0 Å². The molecule has 0 bridgehead atoms. The van der Waals surface area contributed by atoms with Crippen molar-refractivity contribution in [1.29, 1.82) is 0 Å². The van der Waals surface area contributed by atoms with E-state index in [4.69, 9.17) is 4.74 Å². The monoisotopic (exact) mass is 497 g/mol. The van der Waals surface area contributed by atoms with Crippen LogP contribution in [0.25, 0.3) is 0 Å². The van der Waals surface area contributed by atoms with Crippen molar-refractivity contribution < 1.29 is 9.53 Å². The van der Waals surface area contributed by atoms with Crippen LogP contribution in [0.4, 0.5) is 5.69 Å². The molecule has 3 rings (SSSR count). The molecule has 6 nitrogen and oxygen atoms in total. The van der Waals surface area contributed by atoms with Crippen molar-refractivity contribution in [1.82, 2.24) is 9.78 Å². The second kappa shape index (κ2) is 11.1. The first-order valence-electron chi connectivity index (χ1n) is 10.7. The summed E-state index contributed by atoms with van der Waals surface area (Å²) in [7, 11) is 1.63. The predicted molar refractivity (Wildman–Crippen MR) is 130 cm³/mol. The van der Waals surface area contributed by atoms with Gasteiger partial charge in [0.2, 0.25) is 5.91 Å². The number of carbonyl (C=O) groups is 1. The summed E-state index contributed by atoms with van der Waals surface area (Å²) in [6.07, 6.45) is 2.83. The Labute approximate surface area is 196 Å². The van der Waals surface area contributed by atoms with Crippen molar-refractivity contribution >= 4 is 27.5 Å². The number of halogens is 1. The lowest BCUT2D eigenvalue weighted by molar-refractivity contribution is -0.117. The number of rotatable bonds is 9. The van der Waals surface area contributed by atoms with Crippen molar-refractivity contribution in [2.75, 3.05) is 12.4 Å². The molecular formula is C25H28BrN3O3. The van der Waals surface area contributed by atoms with E-state index in [1.165, 1.54) is 4.68 Å². The van der Waals surface area contributed by atoms with E-state index in [-0.39, 0.29) is 23.9 Å². The summed E-state index contributed by atoms with van der Waals surface area (Å²) in [5.74, 6) is 0.356. The molecule has 1 amide bonds. The van der Waals surface area contributed by atoms with Crippen molar-refractivity contribution in [3.05, 3.63) is 86.2 Å². The normalized spacial score (nSPS) is 11.8. The summed E-state index contributed by atoms with van der Waals surface area (Å²) >= 11 is 3.37. The summed E-state index contributed by atoms with van der Waals surface area (Å²) in [6, 6.07) is 16.9. The van der Waals surface area contributed by atoms with E-state index in [1.807, 2.05) is 49.4 Å². The van der Waals surface area contributed by atoms with Gasteiger partial charge < -0.3 is 10.1 Å². The average molecular weight is 498 g/mol. The fraction of sp³-hybridized carbons (Fsp3) is 0.320. The van der Waals surface area contributed by atoms with E-state index < -0.39 is 0 Å². The second-order valence-electron chi connectivity index (χ2n) is 7.73. The minimum Gasteiger partial charge on any atom is -0.497 e. The Morgan fingerprint density at radius 1 is 1.19 bits per heavy atom. The standard InChI is InChI=1S/C25H28BrN3O3/c1-4-5-9-22(18-7-6-8-21(15-18)32-3)23-14-17(2)28-29(25(23)31)16-24(30)27-20-12-10-19(26)11-13-20/h6-8,10-15,22H,4-5,9,16H2,1-3H3,(H,27,30)/t22-/m1/s1. The highest BCUT2D eigenvalue weighted by Crippen LogP contribution is 2.30. The number of methoxy groups -OCH3 is 1. The van der Waals surface area contributed by atoms with E-state index in [1.54, 1.807) is 19.2 Å². The van der Waals surface area contributed by atoms with Gasteiger partial charge in [0.25, 0.3) is 5.56 Å². The van der Waals surface area contributed by atoms with Crippen LogP contribution in [0.15, 0.2) is 63.9 Å².